The maximum Gasteiger partial charge on any atom is 0.229 e. The normalized spacial score (nSPS) is 15.8. The van der Waals surface area contributed by atoms with Crippen LogP contribution in [0.4, 0.5) is 5.95 Å². The number of amides is 1. The molecule has 3 heterocycles. The predicted molar refractivity (Wildman–Crippen MR) is 142 cm³/mol. The number of piperidine rings is 1. The number of fused-ring (bicyclic) bond motifs is 1. The summed E-state index contributed by atoms with van der Waals surface area (Å²) in [6.07, 6.45) is 3.23. The first kappa shape index (κ1) is 24.9. The quantitative estimate of drug-likeness (QED) is 0.465. The molecule has 0 atom stereocenters. The molecule has 2 aromatic carbocycles. The van der Waals surface area contributed by atoms with Gasteiger partial charge in [0.15, 0.2) is 0 Å². The van der Waals surface area contributed by atoms with Crippen LogP contribution in [0.25, 0.3) is 0 Å². The lowest BCUT2D eigenvalue weighted by Crippen LogP contribution is -2.39. The number of aromatic nitrogens is 2. The molecule has 194 valence electrons. The van der Waals surface area contributed by atoms with Crippen LogP contribution in [-0.4, -0.2) is 54.6 Å². The summed E-state index contributed by atoms with van der Waals surface area (Å²) in [5.74, 6) is 4.18. The van der Waals surface area contributed by atoms with Crippen molar-refractivity contribution in [1.82, 2.24) is 14.9 Å². The van der Waals surface area contributed by atoms with Crippen LogP contribution < -0.4 is 19.1 Å². The molecule has 1 amide bonds. The fourth-order valence-corrected chi connectivity index (χ4v) is 4.84. The van der Waals surface area contributed by atoms with Crippen LogP contribution in [0.5, 0.6) is 23.1 Å². The van der Waals surface area contributed by atoms with Gasteiger partial charge in [0, 0.05) is 26.1 Å². The van der Waals surface area contributed by atoms with Crippen molar-refractivity contribution in [1.29, 1.82) is 0 Å². The number of hydrogen-bond acceptors (Lipinski definition) is 7. The summed E-state index contributed by atoms with van der Waals surface area (Å²) in [6, 6.07) is 15.1. The fraction of sp³-hybridized carbons (Fsp3) is 0.414. The highest BCUT2D eigenvalue weighted by molar-refractivity contribution is 5.79. The second kappa shape index (κ2) is 11.1. The number of anilines is 1. The zero-order valence-corrected chi connectivity index (χ0v) is 21.8. The lowest BCUT2D eigenvalue weighted by molar-refractivity contribution is -0.131. The maximum absolute atomic E-state index is 13.2. The molecule has 1 fully saturated rings. The minimum atomic E-state index is 0.0587. The fourth-order valence-electron chi connectivity index (χ4n) is 4.84. The van der Waals surface area contributed by atoms with Crippen LogP contribution in [-0.2, 0) is 24.2 Å². The summed E-state index contributed by atoms with van der Waals surface area (Å²) in [7, 11) is 3.27. The van der Waals surface area contributed by atoms with Crippen molar-refractivity contribution in [3.8, 4) is 23.1 Å². The molecule has 0 aliphatic carbocycles. The Morgan fingerprint density at radius 2 is 1.68 bits per heavy atom. The Bertz CT molecular complexity index is 1240. The number of methoxy groups -OCH3 is 2. The molecule has 1 aromatic heterocycles. The summed E-state index contributed by atoms with van der Waals surface area (Å²) in [4.78, 5) is 27.2. The van der Waals surface area contributed by atoms with E-state index in [0.29, 0.717) is 49.4 Å². The van der Waals surface area contributed by atoms with Crippen molar-refractivity contribution in [3.63, 3.8) is 0 Å². The highest BCUT2D eigenvalue weighted by Crippen LogP contribution is 2.33. The van der Waals surface area contributed by atoms with E-state index >= 15 is 0 Å². The van der Waals surface area contributed by atoms with Crippen LogP contribution in [0.2, 0.25) is 0 Å². The lowest BCUT2D eigenvalue weighted by atomic mass is 9.99. The molecule has 5 rings (SSSR count). The van der Waals surface area contributed by atoms with E-state index in [1.54, 1.807) is 14.2 Å². The van der Waals surface area contributed by atoms with E-state index in [4.69, 9.17) is 24.2 Å². The minimum Gasteiger partial charge on any atom is -0.497 e. The number of benzene rings is 2. The summed E-state index contributed by atoms with van der Waals surface area (Å²) >= 11 is 0. The van der Waals surface area contributed by atoms with Gasteiger partial charge in [-0.2, -0.15) is 4.98 Å². The van der Waals surface area contributed by atoms with Crippen molar-refractivity contribution in [2.75, 3.05) is 38.8 Å². The molecule has 2 aliphatic heterocycles. The molecule has 2 aliphatic rings. The second-order valence-electron chi connectivity index (χ2n) is 9.79. The Morgan fingerprint density at radius 1 is 0.946 bits per heavy atom. The van der Waals surface area contributed by atoms with Gasteiger partial charge in [0.2, 0.25) is 17.7 Å². The van der Waals surface area contributed by atoms with Gasteiger partial charge in [-0.05, 0) is 60.7 Å². The molecule has 0 bridgehead atoms. The van der Waals surface area contributed by atoms with E-state index in [1.165, 1.54) is 0 Å². The van der Waals surface area contributed by atoms with E-state index in [9.17, 15) is 4.79 Å². The summed E-state index contributed by atoms with van der Waals surface area (Å²) in [5.41, 5.74) is 2.75. The first-order valence-corrected chi connectivity index (χ1v) is 12.9. The zero-order valence-electron chi connectivity index (χ0n) is 21.8. The van der Waals surface area contributed by atoms with Crippen molar-refractivity contribution < 1.29 is 19.0 Å². The molecular weight excluding hydrogens is 468 g/mol. The molecule has 0 N–H and O–H groups in total. The molecule has 8 nitrogen and oxygen atoms in total. The van der Waals surface area contributed by atoms with Gasteiger partial charge >= 0.3 is 0 Å². The molecular formula is C29H34N4O4. The number of carbonyl (C=O) groups is 1. The third-order valence-electron chi connectivity index (χ3n) is 7.19. The Morgan fingerprint density at radius 3 is 2.41 bits per heavy atom. The van der Waals surface area contributed by atoms with Crippen LogP contribution in [0.1, 0.15) is 36.6 Å². The van der Waals surface area contributed by atoms with Gasteiger partial charge in [0.05, 0.1) is 38.4 Å². The first-order valence-electron chi connectivity index (χ1n) is 12.9. The Hall–Kier alpha value is -3.81. The van der Waals surface area contributed by atoms with Crippen molar-refractivity contribution in [2.45, 2.75) is 39.2 Å². The van der Waals surface area contributed by atoms with Crippen molar-refractivity contribution >= 4 is 11.9 Å². The van der Waals surface area contributed by atoms with Gasteiger partial charge in [0.1, 0.15) is 17.2 Å². The number of hydrogen-bond donors (Lipinski definition) is 0. The minimum absolute atomic E-state index is 0.0587. The molecule has 8 heteroatoms. The summed E-state index contributed by atoms with van der Waals surface area (Å²) < 4.78 is 16.9. The molecule has 0 spiro atoms. The average Bonchev–Trinajstić information content (AvgIpc) is 2.93. The van der Waals surface area contributed by atoms with Gasteiger partial charge in [-0.25, -0.2) is 4.98 Å². The molecule has 0 radical (unpaired) electrons. The van der Waals surface area contributed by atoms with E-state index in [0.717, 1.165) is 54.3 Å². The molecule has 0 saturated carbocycles. The maximum atomic E-state index is 13.2. The Kier molecular flexibility index (Phi) is 7.44. The van der Waals surface area contributed by atoms with Gasteiger partial charge in [0.25, 0.3) is 0 Å². The third-order valence-corrected chi connectivity index (χ3v) is 7.19. The number of nitrogens with zero attached hydrogens (tertiary/aromatic N) is 4. The highest BCUT2D eigenvalue weighted by Gasteiger charge is 2.28. The number of ether oxygens (including phenoxy) is 3. The monoisotopic (exact) mass is 502 g/mol. The van der Waals surface area contributed by atoms with Crippen LogP contribution in [0, 0.1) is 5.92 Å². The van der Waals surface area contributed by atoms with Crippen molar-refractivity contribution in [2.24, 2.45) is 5.92 Å². The van der Waals surface area contributed by atoms with E-state index in [-0.39, 0.29) is 5.91 Å². The Labute approximate surface area is 218 Å². The molecule has 3 aromatic rings. The van der Waals surface area contributed by atoms with Crippen molar-refractivity contribution in [3.05, 3.63) is 65.4 Å². The second-order valence-corrected chi connectivity index (χ2v) is 9.79. The topological polar surface area (TPSA) is 77.0 Å². The molecule has 37 heavy (non-hydrogen) atoms. The smallest absolute Gasteiger partial charge is 0.229 e. The largest absolute Gasteiger partial charge is 0.497 e. The zero-order chi connectivity index (χ0) is 25.8. The molecule has 0 unspecified atom stereocenters. The van der Waals surface area contributed by atoms with E-state index in [2.05, 4.69) is 11.8 Å². The standard InChI is InChI=1S/C29H34N4O4/c1-20-11-14-32(15-12-20)29-30-26-13-16-33(27(34)18-21-5-4-6-24(17-21)36-3)19-25(26)28(31-29)37-23-9-7-22(35-2)8-10-23/h4-10,17,20H,11-16,18-19H2,1-3H3. The lowest BCUT2D eigenvalue weighted by Gasteiger charge is -2.33. The van der Waals surface area contributed by atoms with Crippen LogP contribution in [0.15, 0.2) is 48.5 Å². The Balaban J connectivity index is 1.41. The SMILES string of the molecule is COc1ccc(Oc2nc(N3CCC(C)CC3)nc3c2CN(C(=O)Cc2cccc(OC)c2)CC3)cc1. The van der Waals surface area contributed by atoms with Gasteiger partial charge in [-0.3, -0.25) is 4.79 Å². The highest BCUT2D eigenvalue weighted by atomic mass is 16.5. The van der Waals surface area contributed by atoms with E-state index < -0.39 is 0 Å². The molecule has 1 saturated heterocycles. The van der Waals surface area contributed by atoms with E-state index in [1.807, 2.05) is 53.4 Å². The number of carbonyl (C=O) groups excluding carboxylic acids is 1. The van der Waals surface area contributed by atoms with Crippen LogP contribution >= 0.6 is 0 Å². The van der Waals surface area contributed by atoms with Gasteiger partial charge in [-0.1, -0.05) is 19.1 Å². The third kappa shape index (κ3) is 5.79. The van der Waals surface area contributed by atoms with Crippen LogP contribution in [0.3, 0.4) is 0 Å². The first-order chi connectivity index (χ1) is 18.0. The predicted octanol–water partition coefficient (Wildman–Crippen LogP) is 4.65. The van der Waals surface area contributed by atoms with Gasteiger partial charge in [-0.15, -0.1) is 0 Å². The summed E-state index contributed by atoms with van der Waals surface area (Å²) in [5, 5.41) is 0. The number of rotatable bonds is 7. The van der Waals surface area contributed by atoms with Gasteiger partial charge < -0.3 is 24.0 Å². The summed E-state index contributed by atoms with van der Waals surface area (Å²) in [6.45, 7) is 5.20. The average molecular weight is 503 g/mol.